The molecule has 6 nitrogen and oxygen atoms in total. The van der Waals surface area contributed by atoms with Crippen molar-refractivity contribution in [3.63, 3.8) is 0 Å². The summed E-state index contributed by atoms with van der Waals surface area (Å²) in [7, 11) is 5.55. The summed E-state index contributed by atoms with van der Waals surface area (Å²) in [6, 6.07) is 17.4. The van der Waals surface area contributed by atoms with Gasteiger partial charge in [0.2, 0.25) is 0 Å². The van der Waals surface area contributed by atoms with Crippen LogP contribution < -0.4 is 9.47 Å². The number of piperidine rings is 1. The fourth-order valence-electron chi connectivity index (χ4n) is 3.87. The van der Waals surface area contributed by atoms with Gasteiger partial charge in [-0.2, -0.15) is 5.26 Å². The van der Waals surface area contributed by atoms with Gasteiger partial charge in [0, 0.05) is 5.56 Å². The number of nitriles is 2. The van der Waals surface area contributed by atoms with Gasteiger partial charge in [0.1, 0.15) is 5.75 Å². The van der Waals surface area contributed by atoms with Crippen LogP contribution in [0.4, 0.5) is 0 Å². The first-order valence-electron chi connectivity index (χ1n) is 10.6. The van der Waals surface area contributed by atoms with Gasteiger partial charge in [0.05, 0.1) is 18.7 Å². The van der Waals surface area contributed by atoms with Crippen LogP contribution in [0.5, 0.6) is 11.5 Å². The van der Waals surface area contributed by atoms with Gasteiger partial charge in [-0.05, 0) is 17.7 Å². The van der Waals surface area contributed by atoms with Gasteiger partial charge >= 0.3 is 125 Å². The molecule has 0 spiro atoms. The fraction of sp³-hybridized carbons (Fsp3) is 0.360. The Morgan fingerprint density at radius 2 is 1.94 bits per heavy atom. The zero-order chi connectivity index (χ0) is 23.8. The molecule has 0 saturated carbocycles. The van der Waals surface area contributed by atoms with Crippen molar-refractivity contribution in [1.29, 1.82) is 10.5 Å². The number of ether oxygens (including phenoxy) is 2. The van der Waals surface area contributed by atoms with E-state index in [0.717, 1.165) is 16.9 Å². The van der Waals surface area contributed by atoms with Crippen molar-refractivity contribution >= 4 is 26.4 Å². The number of amides is 1. The zero-order valence-electron chi connectivity index (χ0n) is 18.5. The number of hydrogen-bond donors (Lipinski definition) is 0. The molecule has 2 unspecified atom stereocenters. The first-order chi connectivity index (χ1) is 16.0. The number of hydrogen-bond acceptors (Lipinski definition) is 6. The second-order valence-corrected chi connectivity index (χ2v) is 9.43. The number of rotatable bonds is 7. The number of nitrogens with zero attached hydrogens (tertiary/aromatic N) is 3. The Morgan fingerprint density at radius 3 is 2.58 bits per heavy atom. The average Bonchev–Trinajstić information content (AvgIpc) is 2.84. The van der Waals surface area contributed by atoms with Crippen LogP contribution in [-0.2, 0) is 4.79 Å². The molecule has 0 aliphatic carbocycles. The fourth-order valence-corrected chi connectivity index (χ4v) is 4.84. The molecule has 2 aromatic rings. The van der Waals surface area contributed by atoms with E-state index in [4.69, 9.17) is 9.47 Å². The Balaban J connectivity index is 1.70. The Bertz CT molecular complexity index is 1130. The molecule has 168 valence electrons. The average molecular weight is 478 g/mol. The molecule has 0 bridgehead atoms. The Labute approximate surface area is 201 Å². The molecule has 1 aliphatic rings. The minimum absolute atomic E-state index is 0.0834. The Hall–Kier alpha value is -2.95. The molecule has 3 rings (SSSR count). The predicted molar refractivity (Wildman–Crippen MR) is 130 cm³/mol. The van der Waals surface area contributed by atoms with E-state index in [-0.39, 0.29) is 17.3 Å². The molecule has 8 heteroatoms. The van der Waals surface area contributed by atoms with E-state index in [2.05, 4.69) is 25.8 Å². The van der Waals surface area contributed by atoms with Gasteiger partial charge in [0.15, 0.2) is 0 Å². The second-order valence-electron chi connectivity index (χ2n) is 7.72. The zero-order valence-corrected chi connectivity index (χ0v) is 20.2. The van der Waals surface area contributed by atoms with Gasteiger partial charge in [-0.1, -0.05) is 18.2 Å². The van der Waals surface area contributed by atoms with Crippen LogP contribution in [0.2, 0.25) is 0 Å². The molecule has 1 heterocycles. The Kier molecular flexibility index (Phi) is 8.81. The van der Waals surface area contributed by atoms with Crippen molar-refractivity contribution in [2.75, 3.05) is 20.2 Å². The normalized spacial score (nSPS) is 15.4. The van der Waals surface area contributed by atoms with E-state index in [1.165, 1.54) is 11.8 Å². The summed E-state index contributed by atoms with van der Waals surface area (Å²) in [4.78, 5) is 17.2. The topological polar surface area (TPSA) is 86.3 Å². The van der Waals surface area contributed by atoms with E-state index in [0.29, 0.717) is 37.2 Å². The minimum atomic E-state index is -0.733. The second kappa shape index (κ2) is 11.8. The summed E-state index contributed by atoms with van der Waals surface area (Å²) in [6.07, 6.45) is 1.22. The molecule has 1 amide bonds. The molecule has 33 heavy (non-hydrogen) atoms. The van der Waals surface area contributed by atoms with E-state index < -0.39 is 5.92 Å². The maximum atomic E-state index is 12.8. The summed E-state index contributed by atoms with van der Waals surface area (Å²) >= 11 is 1.25. The van der Waals surface area contributed by atoms with Crippen molar-refractivity contribution in [1.82, 2.24) is 4.90 Å². The molecule has 1 saturated heterocycles. The first-order valence-corrected chi connectivity index (χ1v) is 11.9. The van der Waals surface area contributed by atoms with E-state index in [1.54, 1.807) is 18.1 Å². The van der Waals surface area contributed by atoms with Crippen LogP contribution in [0, 0.1) is 33.5 Å². The monoisotopic (exact) mass is 477 g/mol. The molecule has 1 aliphatic heterocycles. The van der Waals surface area contributed by atoms with Crippen LogP contribution >= 0.6 is 20.5 Å². The third kappa shape index (κ3) is 6.10. The Morgan fingerprint density at radius 1 is 1.21 bits per heavy atom. The molecular formula is C25H24N3O3PS. The molecule has 1 fully saturated rings. The quantitative estimate of drug-likeness (QED) is 0.510. The molecular weight excluding hydrogens is 453 g/mol. The van der Waals surface area contributed by atoms with Crippen LogP contribution in [0.25, 0.3) is 11.1 Å². The van der Waals surface area contributed by atoms with E-state index in [9.17, 15) is 15.3 Å². The van der Waals surface area contributed by atoms with E-state index in [1.807, 2.05) is 43.3 Å². The van der Waals surface area contributed by atoms with Crippen LogP contribution in [0.15, 0.2) is 42.5 Å². The van der Waals surface area contributed by atoms with Crippen molar-refractivity contribution in [3.8, 4) is 39.7 Å². The van der Waals surface area contributed by atoms with Gasteiger partial charge < -0.3 is 4.74 Å². The first kappa shape index (κ1) is 24.7. The van der Waals surface area contributed by atoms with Crippen molar-refractivity contribution < 1.29 is 14.3 Å². The number of carbonyl (C=O) groups is 1. The van der Waals surface area contributed by atoms with Gasteiger partial charge in [-0.25, -0.2) is 0 Å². The third-order valence-corrected chi connectivity index (χ3v) is 6.69. The van der Waals surface area contributed by atoms with E-state index >= 15 is 0 Å². The van der Waals surface area contributed by atoms with Crippen LogP contribution in [0.1, 0.15) is 25.3 Å². The number of para-hydroxylation sites is 1. The molecule has 0 aromatic heterocycles. The number of methoxy groups -OCH3 is 1. The summed E-state index contributed by atoms with van der Waals surface area (Å²) < 4.78 is 11.7. The maximum absolute atomic E-state index is 12.8. The van der Waals surface area contributed by atoms with Gasteiger partial charge in [0.25, 0.3) is 0 Å². The molecule has 0 N–H and O–H groups in total. The van der Waals surface area contributed by atoms with Gasteiger partial charge in [-0.15, -0.1) is 0 Å². The van der Waals surface area contributed by atoms with Crippen molar-refractivity contribution in [2.45, 2.75) is 31.1 Å². The SMILES string of the molecule is COc1ccccc1-c1cc(C#N)cc(OC2CCN(C(=O)C(C#N)C(C)SC#P)CC2)c1. The van der Waals surface area contributed by atoms with Crippen LogP contribution in [-0.4, -0.2) is 42.4 Å². The number of carbonyl (C=O) groups excluding carboxylic acids is 1. The predicted octanol–water partition coefficient (Wildman–Crippen LogP) is 5.19. The molecule has 2 atom stereocenters. The van der Waals surface area contributed by atoms with Crippen LogP contribution in [0.3, 0.4) is 0 Å². The van der Waals surface area contributed by atoms with Crippen molar-refractivity contribution in [3.05, 3.63) is 48.0 Å². The summed E-state index contributed by atoms with van der Waals surface area (Å²) in [5, 5.41) is 18.7. The summed E-state index contributed by atoms with van der Waals surface area (Å²) in [5.41, 5.74) is 2.23. The van der Waals surface area contributed by atoms with Gasteiger partial charge in [-0.3, -0.25) is 0 Å². The summed E-state index contributed by atoms with van der Waals surface area (Å²) in [5.74, 6) is 0.435. The summed E-state index contributed by atoms with van der Waals surface area (Å²) in [6.45, 7) is 2.87. The third-order valence-electron chi connectivity index (χ3n) is 5.62. The standard InChI is InChI=1S/C25H24N3O3PS/c1-17(33-16-32)23(15-27)25(29)28-9-7-20(8-10-28)31-21-12-18(14-26)11-19(13-21)22-5-3-4-6-24(22)30-2/h3-6,11-13,17,20,23H,7-10H2,1-2H3. The molecule has 0 radical (unpaired) electrons. The molecule has 2 aromatic carbocycles. The van der Waals surface area contributed by atoms with Crippen molar-refractivity contribution in [2.24, 2.45) is 5.92 Å². The number of likely N-dealkylation sites (tertiary alicyclic amines) is 1. The number of benzene rings is 2. The number of thioether (sulfide) groups is 1.